The van der Waals surface area contributed by atoms with E-state index in [4.69, 9.17) is 4.74 Å². The first-order chi connectivity index (χ1) is 20.8. The van der Waals surface area contributed by atoms with E-state index in [1.165, 1.54) is 17.0 Å². The van der Waals surface area contributed by atoms with Gasteiger partial charge in [0.1, 0.15) is 17.5 Å². The van der Waals surface area contributed by atoms with Gasteiger partial charge in [-0.1, -0.05) is 24.3 Å². The molecule has 1 saturated heterocycles. The van der Waals surface area contributed by atoms with Crippen molar-refractivity contribution >= 4 is 34.2 Å². The van der Waals surface area contributed by atoms with Crippen LogP contribution >= 0.6 is 0 Å². The maximum Gasteiger partial charge on any atom is 0.411 e. The number of β-amino-alcohol motifs (C(OH)–C–C–N with tert-alkyl or cyclic N) is 1. The van der Waals surface area contributed by atoms with Gasteiger partial charge < -0.3 is 20.1 Å². The van der Waals surface area contributed by atoms with Gasteiger partial charge in [-0.25, -0.2) is 18.0 Å². The normalized spacial score (nSPS) is 19.7. The van der Waals surface area contributed by atoms with Gasteiger partial charge in [-0.15, -0.1) is 0 Å². The lowest BCUT2D eigenvalue weighted by atomic mass is 10.0. The van der Waals surface area contributed by atoms with Crippen LogP contribution in [0.3, 0.4) is 0 Å². The van der Waals surface area contributed by atoms with Gasteiger partial charge in [0.2, 0.25) is 5.91 Å². The number of amides is 2. The Labute approximate surface area is 253 Å². The molecule has 4 heterocycles. The largest absolute Gasteiger partial charge is 0.444 e. The van der Waals surface area contributed by atoms with Crippen molar-refractivity contribution in [1.29, 1.82) is 0 Å². The van der Waals surface area contributed by atoms with Gasteiger partial charge in [-0.05, 0) is 51.8 Å². The zero-order valence-corrected chi connectivity index (χ0v) is 25.1. The van der Waals surface area contributed by atoms with Gasteiger partial charge in [0.15, 0.2) is 0 Å². The summed E-state index contributed by atoms with van der Waals surface area (Å²) in [7, 11) is 0. The third-order valence-electron chi connectivity index (χ3n) is 7.80. The first-order valence-corrected chi connectivity index (χ1v) is 14.6. The standard InChI is InChI=1S/C32H36F3N5O4/c1-18(21-6-5-7-22(28(21)33)29(34)35)38-24-8-11-36-26-16-37-25(15-23(24)26)19-9-12-39(13-10-19)30(42)27-14-20(41)17-40(27)31(43)44-32(2,3)4/h5-9,11,15-16,18,20,27,29,41H,10,12-14,17H2,1-4H3,(H,36,38)/t18-,20-,27-/m1/s1. The molecule has 2 aromatic heterocycles. The number of aliphatic hydroxyl groups is 1. The van der Waals surface area contributed by atoms with Crippen LogP contribution in [0.5, 0.6) is 0 Å². The highest BCUT2D eigenvalue weighted by atomic mass is 19.3. The number of nitrogens with zero attached hydrogens (tertiary/aromatic N) is 4. The molecule has 1 fully saturated rings. The molecule has 0 saturated carbocycles. The number of rotatable bonds is 6. The SMILES string of the molecule is C[C@@H](Nc1ccnc2cnc(C3=CCN(C(=O)[C@H]4C[C@@H](O)CN4C(=O)OC(C)(C)C)CC3)cc12)c1cccc(C(F)F)c1F. The molecule has 234 valence electrons. The molecule has 0 radical (unpaired) electrons. The van der Waals surface area contributed by atoms with Crippen LogP contribution in [0.2, 0.25) is 0 Å². The van der Waals surface area contributed by atoms with Crippen molar-refractivity contribution in [3.05, 3.63) is 71.4 Å². The zero-order chi connectivity index (χ0) is 31.8. The Morgan fingerprint density at radius 1 is 1.16 bits per heavy atom. The molecular weight excluding hydrogens is 575 g/mol. The van der Waals surface area contributed by atoms with Crippen LogP contribution in [0, 0.1) is 5.82 Å². The van der Waals surface area contributed by atoms with Crippen LogP contribution < -0.4 is 5.32 Å². The fourth-order valence-electron chi connectivity index (χ4n) is 5.62. The number of aliphatic hydroxyl groups excluding tert-OH is 1. The van der Waals surface area contributed by atoms with Gasteiger partial charge in [0.05, 0.1) is 41.7 Å². The van der Waals surface area contributed by atoms with E-state index in [1.54, 1.807) is 51.1 Å². The van der Waals surface area contributed by atoms with Crippen LogP contribution in [0.25, 0.3) is 16.5 Å². The molecular formula is C32H36F3N5O4. The van der Waals surface area contributed by atoms with E-state index in [0.717, 1.165) is 17.0 Å². The number of ether oxygens (including phenoxy) is 1. The maximum absolute atomic E-state index is 14.8. The molecule has 3 aromatic rings. The van der Waals surface area contributed by atoms with E-state index in [-0.39, 0.29) is 24.4 Å². The molecule has 5 rings (SSSR count). The minimum atomic E-state index is -2.92. The predicted octanol–water partition coefficient (Wildman–Crippen LogP) is 5.87. The molecule has 44 heavy (non-hydrogen) atoms. The summed E-state index contributed by atoms with van der Waals surface area (Å²) in [5.74, 6) is -1.18. The van der Waals surface area contributed by atoms with E-state index in [2.05, 4.69) is 15.3 Å². The number of anilines is 1. The number of aromatic nitrogens is 2. The van der Waals surface area contributed by atoms with E-state index < -0.39 is 47.7 Å². The smallest absolute Gasteiger partial charge is 0.411 e. The summed E-state index contributed by atoms with van der Waals surface area (Å²) in [5.41, 5.74) is 1.61. The second kappa shape index (κ2) is 12.4. The molecule has 12 heteroatoms. The highest BCUT2D eigenvalue weighted by Gasteiger charge is 2.42. The lowest BCUT2D eigenvalue weighted by Gasteiger charge is -2.33. The fraction of sp³-hybridized carbons (Fsp3) is 0.438. The molecule has 9 nitrogen and oxygen atoms in total. The molecule has 0 bridgehead atoms. The van der Waals surface area contributed by atoms with Crippen LogP contribution in [0.4, 0.5) is 23.7 Å². The molecule has 2 aliphatic rings. The molecule has 2 aliphatic heterocycles. The first kappa shape index (κ1) is 31.2. The van der Waals surface area contributed by atoms with Crippen LogP contribution in [-0.4, -0.2) is 74.3 Å². The van der Waals surface area contributed by atoms with Crippen molar-refractivity contribution in [1.82, 2.24) is 19.8 Å². The monoisotopic (exact) mass is 611 g/mol. The van der Waals surface area contributed by atoms with E-state index in [9.17, 15) is 27.9 Å². The van der Waals surface area contributed by atoms with Gasteiger partial charge >= 0.3 is 6.09 Å². The second-order valence-electron chi connectivity index (χ2n) is 12.2. The Hall–Kier alpha value is -4.19. The van der Waals surface area contributed by atoms with Crippen molar-refractivity contribution in [3.8, 4) is 0 Å². The Morgan fingerprint density at radius 3 is 2.59 bits per heavy atom. The third kappa shape index (κ3) is 6.64. The van der Waals surface area contributed by atoms with Gasteiger partial charge in [0.25, 0.3) is 6.43 Å². The van der Waals surface area contributed by atoms with Crippen LogP contribution in [-0.2, 0) is 9.53 Å². The zero-order valence-electron chi connectivity index (χ0n) is 25.1. The Bertz CT molecular complexity index is 1590. The molecule has 2 N–H and O–H groups in total. The van der Waals surface area contributed by atoms with Crippen molar-refractivity contribution < 1.29 is 32.6 Å². The minimum absolute atomic E-state index is 0.0363. The topological polar surface area (TPSA) is 108 Å². The highest BCUT2D eigenvalue weighted by Crippen LogP contribution is 2.33. The van der Waals surface area contributed by atoms with Crippen molar-refractivity contribution in [2.45, 2.75) is 70.8 Å². The van der Waals surface area contributed by atoms with Crippen molar-refractivity contribution in [2.75, 3.05) is 25.0 Å². The summed E-state index contributed by atoms with van der Waals surface area (Å²) in [4.78, 5) is 38.1. The molecule has 0 aliphatic carbocycles. The molecule has 0 unspecified atom stereocenters. The fourth-order valence-corrected chi connectivity index (χ4v) is 5.62. The number of likely N-dealkylation sites (tertiary alicyclic amines) is 1. The van der Waals surface area contributed by atoms with Gasteiger partial charge in [0, 0.05) is 42.3 Å². The number of hydrogen-bond donors (Lipinski definition) is 2. The summed E-state index contributed by atoms with van der Waals surface area (Å²) >= 11 is 0. The van der Waals surface area contributed by atoms with E-state index in [1.807, 2.05) is 12.1 Å². The molecule has 0 spiro atoms. The van der Waals surface area contributed by atoms with Crippen molar-refractivity contribution in [3.63, 3.8) is 0 Å². The number of carbonyl (C=O) groups is 2. The van der Waals surface area contributed by atoms with E-state index in [0.29, 0.717) is 36.4 Å². The molecule has 1 aromatic carbocycles. The number of halogens is 3. The Balaban J connectivity index is 1.32. The predicted molar refractivity (Wildman–Crippen MR) is 159 cm³/mol. The Kier molecular flexibility index (Phi) is 8.83. The number of benzene rings is 1. The summed E-state index contributed by atoms with van der Waals surface area (Å²) in [6.07, 6.45) is 1.45. The third-order valence-corrected chi connectivity index (χ3v) is 7.80. The lowest BCUT2D eigenvalue weighted by Crippen LogP contribution is -2.49. The molecule has 2 amide bonds. The lowest BCUT2D eigenvalue weighted by molar-refractivity contribution is -0.135. The number of hydrogen-bond acceptors (Lipinski definition) is 7. The summed E-state index contributed by atoms with van der Waals surface area (Å²) < 4.78 is 46.8. The highest BCUT2D eigenvalue weighted by molar-refractivity contribution is 5.93. The number of fused-ring (bicyclic) bond motifs is 1. The average Bonchev–Trinajstić information content (AvgIpc) is 3.37. The van der Waals surface area contributed by atoms with E-state index >= 15 is 0 Å². The van der Waals surface area contributed by atoms with Gasteiger partial charge in [-0.3, -0.25) is 19.7 Å². The van der Waals surface area contributed by atoms with Crippen LogP contribution in [0.15, 0.2) is 48.8 Å². The minimum Gasteiger partial charge on any atom is -0.444 e. The summed E-state index contributed by atoms with van der Waals surface area (Å²) in [5, 5.41) is 14.2. The number of carbonyl (C=O) groups excluding carboxylic acids is 2. The second-order valence-corrected chi connectivity index (χ2v) is 12.2. The summed E-state index contributed by atoms with van der Waals surface area (Å²) in [6.45, 7) is 7.67. The molecule has 3 atom stereocenters. The Morgan fingerprint density at radius 2 is 1.91 bits per heavy atom. The number of pyridine rings is 2. The van der Waals surface area contributed by atoms with Gasteiger partial charge in [-0.2, -0.15) is 0 Å². The first-order valence-electron chi connectivity index (χ1n) is 14.6. The average molecular weight is 612 g/mol. The summed E-state index contributed by atoms with van der Waals surface area (Å²) in [6, 6.07) is 6.16. The maximum atomic E-state index is 14.8. The number of alkyl halides is 2. The van der Waals surface area contributed by atoms with Crippen LogP contribution in [0.1, 0.15) is 69.8 Å². The quantitative estimate of drug-likeness (QED) is 0.359. The van der Waals surface area contributed by atoms with Crippen molar-refractivity contribution in [2.24, 2.45) is 0 Å². The number of nitrogens with one attached hydrogen (secondary N) is 1.